The lowest BCUT2D eigenvalue weighted by Gasteiger charge is -2.25. The third-order valence-corrected chi connectivity index (χ3v) is 6.66. The molecule has 2 heterocycles. The van der Waals surface area contributed by atoms with Gasteiger partial charge in [0, 0.05) is 19.6 Å². The van der Waals surface area contributed by atoms with Gasteiger partial charge >= 0.3 is 6.03 Å². The first-order valence-electron chi connectivity index (χ1n) is 8.70. The van der Waals surface area contributed by atoms with Crippen LogP contribution < -0.4 is 10.6 Å². The van der Waals surface area contributed by atoms with Crippen LogP contribution in [0.4, 0.5) is 4.79 Å². The number of carbonyl (C=O) groups excluding carboxylic acids is 2. The second-order valence-corrected chi connectivity index (χ2v) is 8.83. The number of imide groups is 1. The molecule has 0 unspecified atom stereocenters. The summed E-state index contributed by atoms with van der Waals surface area (Å²) >= 11 is 0.995. The first-order chi connectivity index (χ1) is 13.9. The molecule has 1 aliphatic heterocycles. The Morgan fingerprint density at radius 3 is 2.79 bits per heavy atom. The Morgan fingerprint density at radius 2 is 2.07 bits per heavy atom. The first-order valence-corrected chi connectivity index (χ1v) is 11.1. The van der Waals surface area contributed by atoms with E-state index in [4.69, 9.17) is 9.15 Å². The van der Waals surface area contributed by atoms with Crippen LogP contribution in [0.2, 0.25) is 0 Å². The molecule has 3 amide bonds. The van der Waals surface area contributed by atoms with E-state index in [2.05, 4.69) is 22.2 Å². The highest BCUT2D eigenvalue weighted by atomic mass is 32.2. The summed E-state index contributed by atoms with van der Waals surface area (Å²) in [7, 11) is -3.64. The Bertz CT molecular complexity index is 1010. The Balaban J connectivity index is 1.65. The molecule has 10 nitrogen and oxygen atoms in total. The molecule has 0 bridgehead atoms. The molecule has 0 saturated carbocycles. The van der Waals surface area contributed by atoms with Crippen molar-refractivity contribution in [2.45, 2.75) is 10.1 Å². The Kier molecular flexibility index (Phi) is 6.90. The summed E-state index contributed by atoms with van der Waals surface area (Å²) in [4.78, 5) is 27.5. The molecular weight excluding hydrogens is 420 g/mol. The van der Waals surface area contributed by atoms with Crippen molar-refractivity contribution in [3.8, 4) is 0 Å². The number of carbonyl (C=O) groups is 2. The van der Waals surface area contributed by atoms with Gasteiger partial charge in [-0.1, -0.05) is 17.8 Å². The topological polar surface area (TPSA) is 131 Å². The van der Waals surface area contributed by atoms with Crippen LogP contribution in [-0.2, 0) is 19.6 Å². The first kappa shape index (κ1) is 21.3. The molecule has 3 rings (SSSR count). The molecule has 2 N–H and O–H groups in total. The third kappa shape index (κ3) is 5.35. The fourth-order valence-electron chi connectivity index (χ4n) is 2.54. The largest absolute Gasteiger partial charge is 0.431 e. The van der Waals surface area contributed by atoms with E-state index in [0.717, 1.165) is 11.8 Å². The van der Waals surface area contributed by atoms with Gasteiger partial charge in [0.25, 0.3) is 5.22 Å². The second kappa shape index (κ2) is 9.39. The number of hydrogen-bond donors (Lipinski definition) is 2. The number of nitrogens with one attached hydrogen (secondary N) is 2. The molecule has 156 valence electrons. The van der Waals surface area contributed by atoms with Crippen molar-refractivity contribution >= 4 is 44.8 Å². The van der Waals surface area contributed by atoms with Gasteiger partial charge in [0.05, 0.1) is 23.9 Å². The summed E-state index contributed by atoms with van der Waals surface area (Å²) in [6.45, 7) is 5.03. The van der Waals surface area contributed by atoms with Gasteiger partial charge in [0.2, 0.25) is 15.9 Å². The van der Waals surface area contributed by atoms with Gasteiger partial charge < -0.3 is 14.5 Å². The number of oxazole rings is 1. The number of amides is 3. The standard InChI is InChI=1S/C17H20N4O6S2/c1-2-5-18-16(23)20-15(22)11-28-17-19-13-10-12(3-4-14(13)27-17)29(24,25)21-6-8-26-9-7-21/h2-4,10H,1,5-9,11H2,(H2,18,20,22,23). The maximum absolute atomic E-state index is 12.7. The molecular formula is C17H20N4O6S2. The number of hydrogen-bond acceptors (Lipinski definition) is 8. The monoisotopic (exact) mass is 440 g/mol. The molecule has 1 fully saturated rings. The molecule has 1 aliphatic rings. The van der Waals surface area contributed by atoms with E-state index in [1.807, 2.05) is 0 Å². The minimum atomic E-state index is -3.64. The third-order valence-electron chi connectivity index (χ3n) is 3.93. The number of nitrogens with zero attached hydrogens (tertiary/aromatic N) is 2. The highest BCUT2D eigenvalue weighted by Gasteiger charge is 2.27. The highest BCUT2D eigenvalue weighted by molar-refractivity contribution is 7.99. The predicted octanol–water partition coefficient (Wildman–Crippen LogP) is 0.953. The van der Waals surface area contributed by atoms with E-state index in [1.54, 1.807) is 0 Å². The van der Waals surface area contributed by atoms with Crippen LogP contribution in [0, 0.1) is 0 Å². The van der Waals surface area contributed by atoms with Crippen molar-refractivity contribution in [1.29, 1.82) is 0 Å². The van der Waals surface area contributed by atoms with Crippen LogP contribution in [0.3, 0.4) is 0 Å². The number of benzene rings is 1. The zero-order valence-electron chi connectivity index (χ0n) is 15.4. The zero-order chi connectivity index (χ0) is 20.9. The number of ether oxygens (including phenoxy) is 1. The van der Waals surface area contributed by atoms with Gasteiger partial charge in [-0.05, 0) is 18.2 Å². The summed E-state index contributed by atoms with van der Waals surface area (Å²) in [6.07, 6.45) is 1.49. The maximum Gasteiger partial charge on any atom is 0.321 e. The van der Waals surface area contributed by atoms with Gasteiger partial charge in [-0.3, -0.25) is 10.1 Å². The number of urea groups is 1. The summed E-state index contributed by atoms with van der Waals surface area (Å²) < 4.78 is 37.6. The molecule has 2 aromatic rings. The number of fused-ring (bicyclic) bond motifs is 1. The molecule has 1 saturated heterocycles. The molecule has 0 radical (unpaired) electrons. The lowest BCUT2D eigenvalue weighted by molar-refractivity contribution is -0.117. The molecule has 0 atom stereocenters. The van der Waals surface area contributed by atoms with Gasteiger partial charge in [-0.25, -0.2) is 18.2 Å². The average molecular weight is 441 g/mol. The van der Waals surface area contributed by atoms with Gasteiger partial charge in [0.15, 0.2) is 5.58 Å². The van der Waals surface area contributed by atoms with E-state index in [0.29, 0.717) is 37.4 Å². The molecule has 1 aromatic carbocycles. The molecule has 1 aromatic heterocycles. The van der Waals surface area contributed by atoms with E-state index in [1.165, 1.54) is 28.6 Å². The van der Waals surface area contributed by atoms with Crippen molar-refractivity contribution in [2.24, 2.45) is 0 Å². The van der Waals surface area contributed by atoms with Crippen molar-refractivity contribution < 1.29 is 27.2 Å². The molecule has 0 spiro atoms. The van der Waals surface area contributed by atoms with Crippen LogP contribution >= 0.6 is 11.8 Å². The predicted molar refractivity (Wildman–Crippen MR) is 106 cm³/mol. The summed E-state index contributed by atoms with van der Waals surface area (Å²) in [5, 5.41) is 4.78. The van der Waals surface area contributed by atoms with E-state index >= 15 is 0 Å². The quantitative estimate of drug-likeness (QED) is 0.481. The SMILES string of the molecule is C=CCNC(=O)NC(=O)CSc1nc2cc(S(=O)(=O)N3CCOCC3)ccc2o1. The van der Waals surface area contributed by atoms with Crippen LogP contribution in [0.5, 0.6) is 0 Å². The Labute approximate surface area is 171 Å². The minimum Gasteiger partial charge on any atom is -0.431 e. The van der Waals surface area contributed by atoms with Gasteiger partial charge in [0.1, 0.15) is 5.52 Å². The number of rotatable bonds is 7. The average Bonchev–Trinajstić information content (AvgIpc) is 3.13. The Hall–Kier alpha value is -2.41. The number of thioether (sulfide) groups is 1. The molecule has 0 aliphatic carbocycles. The Morgan fingerprint density at radius 1 is 1.31 bits per heavy atom. The van der Waals surface area contributed by atoms with E-state index in [9.17, 15) is 18.0 Å². The maximum atomic E-state index is 12.7. The van der Waals surface area contributed by atoms with Crippen molar-refractivity contribution in [3.05, 3.63) is 30.9 Å². The summed E-state index contributed by atoms with van der Waals surface area (Å²) in [5.41, 5.74) is 0.767. The van der Waals surface area contributed by atoms with E-state index in [-0.39, 0.29) is 22.4 Å². The number of morpholine rings is 1. The van der Waals surface area contributed by atoms with Crippen molar-refractivity contribution in [1.82, 2.24) is 19.9 Å². The van der Waals surface area contributed by atoms with Crippen molar-refractivity contribution in [2.75, 3.05) is 38.6 Å². The number of sulfonamides is 1. The van der Waals surface area contributed by atoms with Crippen LogP contribution in [0.25, 0.3) is 11.1 Å². The lowest BCUT2D eigenvalue weighted by Crippen LogP contribution is -2.40. The molecule has 29 heavy (non-hydrogen) atoms. The highest BCUT2D eigenvalue weighted by Crippen LogP contribution is 2.26. The molecule has 12 heteroatoms. The smallest absolute Gasteiger partial charge is 0.321 e. The zero-order valence-corrected chi connectivity index (χ0v) is 17.1. The van der Waals surface area contributed by atoms with Gasteiger partial charge in [-0.2, -0.15) is 4.31 Å². The lowest BCUT2D eigenvalue weighted by atomic mass is 10.3. The van der Waals surface area contributed by atoms with E-state index < -0.39 is 22.0 Å². The number of aromatic nitrogens is 1. The second-order valence-electron chi connectivity index (χ2n) is 5.96. The van der Waals surface area contributed by atoms with Crippen LogP contribution in [-0.4, -0.2) is 68.2 Å². The summed E-state index contributed by atoms with van der Waals surface area (Å²) in [6, 6.07) is 3.81. The fraction of sp³-hybridized carbons (Fsp3) is 0.353. The van der Waals surface area contributed by atoms with Crippen molar-refractivity contribution in [3.63, 3.8) is 0 Å². The van der Waals surface area contributed by atoms with Crippen LogP contribution in [0.1, 0.15) is 0 Å². The minimum absolute atomic E-state index is 0.0900. The fourth-order valence-corrected chi connectivity index (χ4v) is 4.61. The normalized spacial score (nSPS) is 15.2. The van der Waals surface area contributed by atoms with Crippen LogP contribution in [0.15, 0.2) is 45.4 Å². The van der Waals surface area contributed by atoms with Gasteiger partial charge in [-0.15, -0.1) is 6.58 Å². The summed E-state index contributed by atoms with van der Waals surface area (Å²) in [5.74, 6) is -0.609.